The average Bonchev–Trinajstić information content (AvgIpc) is 2.76. The molecular weight excluding hydrogens is 240 g/mol. The van der Waals surface area contributed by atoms with Gasteiger partial charge < -0.3 is 5.73 Å². The summed E-state index contributed by atoms with van der Waals surface area (Å²) in [5, 5.41) is 6.35. The minimum Gasteiger partial charge on any atom is -0.326 e. The molecule has 0 aliphatic carbocycles. The average molecular weight is 260 g/mol. The summed E-state index contributed by atoms with van der Waals surface area (Å²) in [6, 6.07) is -0.0427. The lowest BCUT2D eigenvalue weighted by atomic mass is 10.2. The van der Waals surface area contributed by atoms with Gasteiger partial charge in [0.25, 0.3) is 10.0 Å². The Morgan fingerprint density at radius 1 is 1.59 bits per heavy atom. The molecule has 0 aliphatic heterocycles. The molecule has 0 fully saturated rings. The lowest BCUT2D eigenvalue weighted by Gasteiger charge is -2.23. The van der Waals surface area contributed by atoms with Crippen molar-refractivity contribution < 1.29 is 8.42 Å². The second kappa shape index (κ2) is 5.61. The number of aromatic nitrogens is 2. The topological polar surface area (TPSA) is 92.1 Å². The number of H-pyrrole nitrogens is 1. The number of hydrogen-bond acceptors (Lipinski definition) is 4. The first kappa shape index (κ1) is 14.1. The summed E-state index contributed by atoms with van der Waals surface area (Å²) in [5.74, 6) is 0. The Morgan fingerprint density at radius 3 is 2.76 bits per heavy atom. The van der Waals surface area contributed by atoms with E-state index in [0.717, 1.165) is 12.8 Å². The highest BCUT2D eigenvalue weighted by Gasteiger charge is 2.28. The maximum absolute atomic E-state index is 12.3. The maximum Gasteiger partial charge on any atom is 0.260 e. The van der Waals surface area contributed by atoms with Crippen molar-refractivity contribution in [2.75, 3.05) is 7.05 Å². The molecule has 1 rings (SSSR count). The molecule has 0 saturated carbocycles. The molecule has 0 amide bonds. The van der Waals surface area contributed by atoms with Crippen LogP contribution in [0.5, 0.6) is 0 Å². The van der Waals surface area contributed by atoms with Crippen LogP contribution in [-0.4, -0.2) is 36.0 Å². The summed E-state index contributed by atoms with van der Waals surface area (Å²) in [6.07, 6.45) is 3.21. The SMILES string of the molecule is CCCC(C)N(C)S(=O)(=O)c1[nH]ncc1CN. The van der Waals surface area contributed by atoms with Gasteiger partial charge >= 0.3 is 0 Å². The van der Waals surface area contributed by atoms with E-state index in [1.807, 2.05) is 13.8 Å². The molecule has 0 aromatic carbocycles. The standard InChI is InChI=1S/C10H20N4O2S/c1-4-5-8(2)14(3)17(15,16)10-9(6-11)7-12-13-10/h7-8H,4-6,11H2,1-3H3,(H,12,13). The zero-order valence-corrected chi connectivity index (χ0v) is 11.3. The smallest absolute Gasteiger partial charge is 0.260 e. The Bertz CT molecular complexity index is 455. The Morgan fingerprint density at radius 2 is 2.24 bits per heavy atom. The molecule has 17 heavy (non-hydrogen) atoms. The molecule has 7 heteroatoms. The molecule has 1 heterocycles. The summed E-state index contributed by atoms with van der Waals surface area (Å²) in [7, 11) is -1.94. The van der Waals surface area contributed by atoms with Crippen LogP contribution >= 0.6 is 0 Å². The summed E-state index contributed by atoms with van der Waals surface area (Å²) < 4.78 is 25.9. The number of nitrogens with zero attached hydrogens (tertiary/aromatic N) is 2. The fourth-order valence-electron chi connectivity index (χ4n) is 1.65. The van der Waals surface area contributed by atoms with Gasteiger partial charge in [0.15, 0.2) is 5.03 Å². The van der Waals surface area contributed by atoms with Gasteiger partial charge in [-0.3, -0.25) is 5.10 Å². The van der Waals surface area contributed by atoms with Crippen LogP contribution in [-0.2, 0) is 16.6 Å². The second-order valence-electron chi connectivity index (χ2n) is 4.09. The Hall–Kier alpha value is -0.920. The minimum atomic E-state index is -3.52. The van der Waals surface area contributed by atoms with Gasteiger partial charge in [0.05, 0.1) is 6.20 Å². The van der Waals surface area contributed by atoms with Crippen LogP contribution in [0.4, 0.5) is 0 Å². The van der Waals surface area contributed by atoms with Crippen LogP contribution in [0.2, 0.25) is 0 Å². The van der Waals surface area contributed by atoms with Crippen molar-refractivity contribution in [1.82, 2.24) is 14.5 Å². The number of aromatic amines is 1. The zero-order valence-electron chi connectivity index (χ0n) is 10.5. The third kappa shape index (κ3) is 2.85. The molecule has 98 valence electrons. The van der Waals surface area contributed by atoms with Crippen molar-refractivity contribution in [3.8, 4) is 0 Å². The molecule has 0 aliphatic rings. The maximum atomic E-state index is 12.3. The van der Waals surface area contributed by atoms with E-state index in [9.17, 15) is 8.42 Å². The van der Waals surface area contributed by atoms with E-state index in [0.29, 0.717) is 5.56 Å². The Balaban J connectivity index is 3.03. The fourth-order valence-corrected chi connectivity index (χ4v) is 3.15. The number of nitrogens with one attached hydrogen (secondary N) is 1. The number of hydrogen-bond donors (Lipinski definition) is 2. The molecule has 3 N–H and O–H groups in total. The van der Waals surface area contributed by atoms with Gasteiger partial charge in [0.2, 0.25) is 0 Å². The third-order valence-electron chi connectivity index (χ3n) is 2.86. The van der Waals surface area contributed by atoms with E-state index in [1.54, 1.807) is 7.05 Å². The van der Waals surface area contributed by atoms with Crippen LogP contribution in [0.3, 0.4) is 0 Å². The number of nitrogens with two attached hydrogens (primary N) is 1. The highest BCUT2D eigenvalue weighted by atomic mass is 32.2. The van der Waals surface area contributed by atoms with Crippen LogP contribution in [0.15, 0.2) is 11.2 Å². The summed E-state index contributed by atoms with van der Waals surface area (Å²) in [4.78, 5) is 0. The lowest BCUT2D eigenvalue weighted by molar-refractivity contribution is 0.367. The molecule has 0 bridgehead atoms. The molecule has 1 unspecified atom stereocenters. The zero-order chi connectivity index (χ0) is 13.1. The molecule has 1 aromatic heterocycles. The van der Waals surface area contributed by atoms with Crippen molar-refractivity contribution in [2.24, 2.45) is 5.73 Å². The molecule has 0 radical (unpaired) electrons. The van der Waals surface area contributed by atoms with Gasteiger partial charge in [-0.05, 0) is 13.3 Å². The second-order valence-corrected chi connectivity index (χ2v) is 6.02. The fraction of sp³-hybridized carbons (Fsp3) is 0.700. The van der Waals surface area contributed by atoms with Gasteiger partial charge in [-0.1, -0.05) is 13.3 Å². The van der Waals surface area contributed by atoms with Crippen molar-refractivity contribution in [3.05, 3.63) is 11.8 Å². The summed E-state index contributed by atoms with van der Waals surface area (Å²) in [5.41, 5.74) is 6.00. The van der Waals surface area contributed by atoms with Crippen molar-refractivity contribution in [1.29, 1.82) is 0 Å². The summed E-state index contributed by atoms with van der Waals surface area (Å²) in [6.45, 7) is 4.07. The number of rotatable bonds is 6. The predicted molar refractivity (Wildman–Crippen MR) is 65.8 cm³/mol. The normalized spacial score (nSPS) is 14.2. The first-order valence-corrected chi connectivity index (χ1v) is 7.09. The lowest BCUT2D eigenvalue weighted by Crippen LogP contribution is -2.35. The molecular formula is C10H20N4O2S. The minimum absolute atomic E-state index is 0.0427. The highest BCUT2D eigenvalue weighted by molar-refractivity contribution is 7.89. The highest BCUT2D eigenvalue weighted by Crippen LogP contribution is 2.19. The van der Waals surface area contributed by atoms with E-state index in [4.69, 9.17) is 5.73 Å². The van der Waals surface area contributed by atoms with Gasteiger partial charge in [-0.2, -0.15) is 9.40 Å². The van der Waals surface area contributed by atoms with Gasteiger partial charge in [0, 0.05) is 25.2 Å². The third-order valence-corrected chi connectivity index (χ3v) is 4.85. The van der Waals surface area contributed by atoms with E-state index < -0.39 is 10.0 Å². The van der Waals surface area contributed by atoms with Crippen molar-refractivity contribution in [3.63, 3.8) is 0 Å². The predicted octanol–water partition coefficient (Wildman–Crippen LogP) is 0.678. The van der Waals surface area contributed by atoms with E-state index in [1.165, 1.54) is 10.5 Å². The van der Waals surface area contributed by atoms with Crippen LogP contribution in [0.1, 0.15) is 32.3 Å². The van der Waals surface area contributed by atoms with Crippen molar-refractivity contribution >= 4 is 10.0 Å². The Kier molecular flexibility index (Phi) is 4.67. The van der Waals surface area contributed by atoms with E-state index in [2.05, 4.69) is 10.2 Å². The van der Waals surface area contributed by atoms with Gasteiger partial charge in [0.1, 0.15) is 0 Å². The van der Waals surface area contributed by atoms with Gasteiger partial charge in [-0.25, -0.2) is 8.42 Å². The van der Waals surface area contributed by atoms with E-state index >= 15 is 0 Å². The summed E-state index contributed by atoms with van der Waals surface area (Å²) >= 11 is 0. The number of sulfonamides is 1. The van der Waals surface area contributed by atoms with Crippen LogP contribution in [0, 0.1) is 0 Å². The van der Waals surface area contributed by atoms with Gasteiger partial charge in [-0.15, -0.1) is 0 Å². The quantitative estimate of drug-likeness (QED) is 0.786. The Labute approximate surface area is 102 Å². The first-order chi connectivity index (χ1) is 7.95. The molecule has 1 aromatic rings. The largest absolute Gasteiger partial charge is 0.326 e. The van der Waals surface area contributed by atoms with Crippen LogP contribution < -0.4 is 5.73 Å². The van der Waals surface area contributed by atoms with E-state index in [-0.39, 0.29) is 17.6 Å². The van der Waals surface area contributed by atoms with Crippen LogP contribution in [0.25, 0.3) is 0 Å². The molecule has 1 atom stereocenters. The van der Waals surface area contributed by atoms with Crippen molar-refractivity contribution in [2.45, 2.75) is 44.3 Å². The molecule has 0 saturated heterocycles. The monoisotopic (exact) mass is 260 g/mol. The molecule has 6 nitrogen and oxygen atoms in total. The molecule has 0 spiro atoms. The first-order valence-electron chi connectivity index (χ1n) is 5.65.